The van der Waals surface area contributed by atoms with Crippen LogP contribution in [0.15, 0.2) is 6.07 Å². The van der Waals surface area contributed by atoms with E-state index in [0.29, 0.717) is 6.07 Å². The van der Waals surface area contributed by atoms with Crippen LogP contribution in [-0.2, 0) is 0 Å². The molecule has 0 aliphatic heterocycles. The van der Waals surface area contributed by atoms with Crippen LogP contribution in [0.4, 0.5) is 27.6 Å². The van der Waals surface area contributed by atoms with Crippen molar-refractivity contribution >= 4 is 17.6 Å². The number of rotatable bonds is 3. The molecule has 0 saturated carbocycles. The number of nitrogens with one attached hydrogen (secondary N) is 2. The van der Waals surface area contributed by atoms with Gasteiger partial charge in [-0.2, -0.15) is 5.10 Å². The smallest absolute Gasteiger partial charge is 0.353 e. The van der Waals surface area contributed by atoms with Crippen molar-refractivity contribution in [1.82, 2.24) is 10.2 Å². The monoisotopic (exact) mass is 321 g/mol. The number of carboxylic acids is 1. The summed E-state index contributed by atoms with van der Waals surface area (Å²) in [7, 11) is 0. The van der Waals surface area contributed by atoms with Gasteiger partial charge in [0.2, 0.25) is 5.82 Å². The first-order valence-electron chi connectivity index (χ1n) is 5.35. The summed E-state index contributed by atoms with van der Waals surface area (Å²) < 4.78 is 65.4. The maximum absolute atomic E-state index is 13.4. The first-order valence-corrected chi connectivity index (χ1v) is 5.35. The van der Waals surface area contributed by atoms with Crippen molar-refractivity contribution in [3.63, 3.8) is 0 Å². The third-order valence-corrected chi connectivity index (χ3v) is 2.49. The van der Waals surface area contributed by atoms with Gasteiger partial charge in [0, 0.05) is 6.07 Å². The summed E-state index contributed by atoms with van der Waals surface area (Å²) in [6, 6.07) is 0.712. The Hall–Kier alpha value is -2.98. The number of aromatic nitrogens is 2. The van der Waals surface area contributed by atoms with E-state index in [0.717, 1.165) is 0 Å². The molecule has 0 aliphatic carbocycles. The minimum atomic E-state index is -2.37. The molecule has 0 fully saturated rings. The number of H-pyrrole nitrogens is 1. The fourth-order valence-corrected chi connectivity index (χ4v) is 1.44. The Balaban J connectivity index is 2.38. The first-order chi connectivity index (χ1) is 10.2. The summed E-state index contributed by atoms with van der Waals surface area (Å²) in [5.41, 5.74) is -2.70. The van der Waals surface area contributed by atoms with Crippen molar-refractivity contribution in [3.8, 4) is 0 Å². The van der Waals surface area contributed by atoms with E-state index in [4.69, 9.17) is 5.11 Å². The molecule has 2 rings (SSSR count). The standard InChI is InChI=1S/C11H4F5N3O3/c12-4-5(13)7(15)9(8(16)6(4)14)17-10(20)2-1-3(11(21)22)19-18-2/h1H,(H,17,20)(H,18,19)(H,21,22). The molecule has 6 nitrogen and oxygen atoms in total. The highest BCUT2D eigenvalue weighted by Gasteiger charge is 2.27. The normalized spacial score (nSPS) is 10.6. The lowest BCUT2D eigenvalue weighted by Gasteiger charge is -2.08. The number of halogens is 5. The van der Waals surface area contributed by atoms with Crippen LogP contribution in [0.1, 0.15) is 21.0 Å². The van der Waals surface area contributed by atoms with Gasteiger partial charge >= 0.3 is 5.97 Å². The number of amides is 1. The molecule has 0 atom stereocenters. The van der Waals surface area contributed by atoms with Crippen LogP contribution in [0, 0.1) is 29.1 Å². The summed E-state index contributed by atoms with van der Waals surface area (Å²) in [5, 5.41) is 15.2. The van der Waals surface area contributed by atoms with Gasteiger partial charge in [0.05, 0.1) is 0 Å². The lowest BCUT2D eigenvalue weighted by molar-refractivity contribution is 0.0690. The summed E-state index contributed by atoms with van der Waals surface area (Å²) in [6.07, 6.45) is 0. The van der Waals surface area contributed by atoms with E-state index in [1.807, 2.05) is 5.10 Å². The van der Waals surface area contributed by atoms with Crippen LogP contribution in [0.25, 0.3) is 0 Å². The topological polar surface area (TPSA) is 95.1 Å². The Bertz CT molecular complexity index is 761. The molecule has 0 radical (unpaired) electrons. The average Bonchev–Trinajstić information content (AvgIpc) is 2.97. The van der Waals surface area contributed by atoms with Crippen molar-refractivity contribution in [1.29, 1.82) is 0 Å². The lowest BCUT2D eigenvalue weighted by Crippen LogP contribution is -2.17. The van der Waals surface area contributed by atoms with Crippen molar-refractivity contribution in [2.75, 3.05) is 5.32 Å². The molecule has 3 N–H and O–H groups in total. The van der Waals surface area contributed by atoms with Gasteiger partial charge in [-0.3, -0.25) is 9.89 Å². The molecule has 0 bridgehead atoms. The molecule has 0 aliphatic rings. The lowest BCUT2D eigenvalue weighted by atomic mass is 10.2. The molecular weight excluding hydrogens is 317 g/mol. The van der Waals surface area contributed by atoms with Gasteiger partial charge in [-0.05, 0) is 0 Å². The number of carboxylic acid groups (broad SMARTS) is 1. The second-order valence-electron chi connectivity index (χ2n) is 3.87. The first kappa shape index (κ1) is 15.4. The molecule has 0 saturated heterocycles. The van der Waals surface area contributed by atoms with Gasteiger partial charge in [-0.15, -0.1) is 0 Å². The van der Waals surface area contributed by atoms with E-state index >= 15 is 0 Å². The molecule has 1 aromatic carbocycles. The molecule has 0 unspecified atom stereocenters. The molecule has 0 spiro atoms. The highest BCUT2D eigenvalue weighted by molar-refractivity contribution is 6.04. The highest BCUT2D eigenvalue weighted by atomic mass is 19.2. The number of benzene rings is 1. The van der Waals surface area contributed by atoms with Gasteiger partial charge in [-0.1, -0.05) is 0 Å². The van der Waals surface area contributed by atoms with Gasteiger partial charge in [0.1, 0.15) is 11.4 Å². The van der Waals surface area contributed by atoms with E-state index < -0.39 is 58.0 Å². The maximum atomic E-state index is 13.4. The Labute approximate surface area is 117 Å². The van der Waals surface area contributed by atoms with E-state index in [1.54, 1.807) is 0 Å². The van der Waals surface area contributed by atoms with Gasteiger partial charge in [-0.25, -0.2) is 26.7 Å². The summed E-state index contributed by atoms with van der Waals surface area (Å²) in [5.74, 6) is -14.2. The van der Waals surface area contributed by atoms with Gasteiger partial charge < -0.3 is 10.4 Å². The van der Waals surface area contributed by atoms with E-state index in [1.165, 1.54) is 5.32 Å². The van der Waals surface area contributed by atoms with Crippen LogP contribution in [0.3, 0.4) is 0 Å². The number of hydrogen-bond donors (Lipinski definition) is 3. The fourth-order valence-electron chi connectivity index (χ4n) is 1.44. The zero-order valence-corrected chi connectivity index (χ0v) is 10.2. The van der Waals surface area contributed by atoms with Crippen molar-refractivity contribution < 1.29 is 36.6 Å². The molecule has 1 aromatic heterocycles. The van der Waals surface area contributed by atoms with Crippen LogP contribution in [0.2, 0.25) is 0 Å². The molecular formula is C11H4F5N3O3. The number of hydrogen-bond acceptors (Lipinski definition) is 3. The molecule has 11 heteroatoms. The SMILES string of the molecule is O=C(Nc1c(F)c(F)c(F)c(F)c1F)c1cc(C(=O)O)[nH]n1. The number of aromatic carboxylic acids is 1. The second-order valence-corrected chi connectivity index (χ2v) is 3.87. The second kappa shape index (κ2) is 5.42. The average molecular weight is 321 g/mol. The van der Waals surface area contributed by atoms with Crippen molar-refractivity contribution in [2.24, 2.45) is 0 Å². The third kappa shape index (κ3) is 2.47. The van der Waals surface area contributed by atoms with Crippen LogP contribution in [-0.4, -0.2) is 27.2 Å². The largest absolute Gasteiger partial charge is 0.477 e. The van der Waals surface area contributed by atoms with Crippen LogP contribution in [0.5, 0.6) is 0 Å². The van der Waals surface area contributed by atoms with Crippen molar-refractivity contribution in [2.45, 2.75) is 0 Å². The number of nitrogens with zero attached hydrogens (tertiary/aromatic N) is 1. The summed E-state index contributed by atoms with van der Waals surface area (Å²) in [6.45, 7) is 0. The van der Waals surface area contributed by atoms with E-state index in [2.05, 4.69) is 5.10 Å². The number of anilines is 1. The van der Waals surface area contributed by atoms with Crippen LogP contribution >= 0.6 is 0 Å². The number of carbonyl (C=O) groups excluding carboxylic acids is 1. The minimum absolute atomic E-state index is 0.512. The Morgan fingerprint density at radius 3 is 1.95 bits per heavy atom. The fraction of sp³-hybridized carbons (Fsp3) is 0. The van der Waals surface area contributed by atoms with E-state index in [9.17, 15) is 31.5 Å². The third-order valence-electron chi connectivity index (χ3n) is 2.49. The molecule has 1 amide bonds. The quantitative estimate of drug-likeness (QED) is 0.458. The summed E-state index contributed by atoms with van der Waals surface area (Å²) in [4.78, 5) is 22.2. The zero-order chi connectivity index (χ0) is 16.6. The maximum Gasteiger partial charge on any atom is 0.353 e. The molecule has 2 aromatic rings. The number of carbonyl (C=O) groups is 2. The summed E-state index contributed by atoms with van der Waals surface area (Å²) >= 11 is 0. The highest BCUT2D eigenvalue weighted by Crippen LogP contribution is 2.27. The van der Waals surface area contributed by atoms with Crippen LogP contribution < -0.4 is 5.32 Å². The molecule has 22 heavy (non-hydrogen) atoms. The Morgan fingerprint density at radius 2 is 1.50 bits per heavy atom. The predicted octanol–water partition coefficient (Wildman–Crippen LogP) is 2.06. The Morgan fingerprint density at radius 1 is 1.00 bits per heavy atom. The Kier molecular flexibility index (Phi) is 3.80. The van der Waals surface area contributed by atoms with Gasteiger partial charge in [0.25, 0.3) is 5.91 Å². The predicted molar refractivity (Wildman–Crippen MR) is 59.7 cm³/mol. The zero-order valence-electron chi connectivity index (χ0n) is 10.2. The number of aromatic amines is 1. The minimum Gasteiger partial charge on any atom is -0.477 e. The van der Waals surface area contributed by atoms with Crippen molar-refractivity contribution in [3.05, 3.63) is 46.5 Å². The molecule has 116 valence electrons. The molecule has 1 heterocycles. The van der Waals surface area contributed by atoms with Gasteiger partial charge in [0.15, 0.2) is 29.0 Å². The van der Waals surface area contributed by atoms with E-state index in [-0.39, 0.29) is 0 Å².